The average molecular weight is 306 g/mol. The number of hydrogen-bond acceptors (Lipinski definition) is 4. The van der Waals surface area contributed by atoms with Crippen LogP contribution in [0.1, 0.15) is 49.7 Å². The summed E-state index contributed by atoms with van der Waals surface area (Å²) in [5.74, 6) is -0.274. The van der Waals surface area contributed by atoms with Crippen molar-refractivity contribution in [1.82, 2.24) is 0 Å². The van der Waals surface area contributed by atoms with E-state index in [1.54, 1.807) is 0 Å². The highest BCUT2D eigenvalue weighted by Gasteiger charge is 2.02. The molecule has 122 valence electrons. The summed E-state index contributed by atoms with van der Waals surface area (Å²) < 4.78 is 9.24. The molecule has 1 aromatic rings. The molecule has 0 unspecified atom stereocenters. The quantitative estimate of drug-likeness (QED) is 0.491. The van der Waals surface area contributed by atoms with Gasteiger partial charge in [0.25, 0.3) is 0 Å². The Morgan fingerprint density at radius 3 is 1.41 bits per heavy atom. The molecule has 0 spiro atoms. The molecule has 0 aliphatic carbocycles. The standard InChI is InChI=1S/C18H26O4/c1-21-17(19)9-5-3-7-15-11-13-16(14-12-15)8-4-6-10-18(20)22-2/h11-14H,3-10H2,1-2H3. The fraction of sp³-hybridized carbons (Fsp3) is 0.556. The minimum atomic E-state index is -0.137. The summed E-state index contributed by atoms with van der Waals surface area (Å²) in [5, 5.41) is 0. The van der Waals surface area contributed by atoms with Gasteiger partial charge in [-0.3, -0.25) is 9.59 Å². The SMILES string of the molecule is COC(=O)CCCCc1ccc(CCCCC(=O)OC)cc1. The Balaban J connectivity index is 2.19. The molecule has 0 atom stereocenters. The topological polar surface area (TPSA) is 52.6 Å². The summed E-state index contributed by atoms with van der Waals surface area (Å²) in [5.41, 5.74) is 2.59. The van der Waals surface area contributed by atoms with E-state index in [-0.39, 0.29) is 11.9 Å². The molecule has 1 aromatic carbocycles. The Kier molecular flexibility index (Phi) is 8.96. The van der Waals surface area contributed by atoms with Gasteiger partial charge in [0.2, 0.25) is 0 Å². The van der Waals surface area contributed by atoms with Crippen LogP contribution in [0.2, 0.25) is 0 Å². The summed E-state index contributed by atoms with van der Waals surface area (Å²) in [6, 6.07) is 8.59. The summed E-state index contributed by atoms with van der Waals surface area (Å²) in [7, 11) is 2.85. The van der Waals surface area contributed by atoms with Gasteiger partial charge < -0.3 is 9.47 Å². The number of carbonyl (C=O) groups excluding carboxylic acids is 2. The van der Waals surface area contributed by atoms with Crippen molar-refractivity contribution < 1.29 is 19.1 Å². The Bertz CT molecular complexity index is 408. The highest BCUT2D eigenvalue weighted by atomic mass is 16.5. The number of esters is 2. The van der Waals surface area contributed by atoms with Gasteiger partial charge in [-0.15, -0.1) is 0 Å². The molecule has 0 aliphatic heterocycles. The Morgan fingerprint density at radius 1 is 0.727 bits per heavy atom. The van der Waals surface area contributed by atoms with E-state index in [4.69, 9.17) is 0 Å². The lowest BCUT2D eigenvalue weighted by atomic mass is 10.0. The second-order valence-electron chi connectivity index (χ2n) is 5.38. The first kappa shape index (κ1) is 18.2. The normalized spacial score (nSPS) is 10.3. The van der Waals surface area contributed by atoms with Crippen molar-refractivity contribution in [2.45, 2.75) is 51.4 Å². The second kappa shape index (κ2) is 10.8. The van der Waals surface area contributed by atoms with Crippen LogP contribution in [-0.4, -0.2) is 26.2 Å². The predicted molar refractivity (Wildman–Crippen MR) is 85.6 cm³/mol. The van der Waals surface area contributed by atoms with E-state index in [1.807, 2.05) is 0 Å². The molecule has 0 radical (unpaired) electrons. The largest absolute Gasteiger partial charge is 0.469 e. The maximum absolute atomic E-state index is 11.0. The molecule has 0 saturated carbocycles. The molecule has 0 N–H and O–H groups in total. The number of unbranched alkanes of at least 4 members (excludes halogenated alkanes) is 2. The smallest absolute Gasteiger partial charge is 0.305 e. The fourth-order valence-electron chi connectivity index (χ4n) is 2.27. The van der Waals surface area contributed by atoms with E-state index in [1.165, 1.54) is 25.3 Å². The van der Waals surface area contributed by atoms with Crippen LogP contribution in [0.3, 0.4) is 0 Å². The Hall–Kier alpha value is -1.84. The first-order chi connectivity index (χ1) is 10.7. The van der Waals surface area contributed by atoms with Crippen molar-refractivity contribution in [3.8, 4) is 0 Å². The number of carbonyl (C=O) groups is 2. The van der Waals surface area contributed by atoms with Crippen LogP contribution >= 0.6 is 0 Å². The average Bonchev–Trinajstić information content (AvgIpc) is 2.56. The van der Waals surface area contributed by atoms with E-state index < -0.39 is 0 Å². The Morgan fingerprint density at radius 2 is 1.09 bits per heavy atom. The summed E-state index contributed by atoms with van der Waals surface area (Å²) >= 11 is 0. The fourth-order valence-corrected chi connectivity index (χ4v) is 2.27. The molecule has 1 rings (SSSR count). The molecule has 4 heteroatoms. The van der Waals surface area contributed by atoms with Crippen molar-refractivity contribution >= 4 is 11.9 Å². The van der Waals surface area contributed by atoms with Gasteiger partial charge in [0.15, 0.2) is 0 Å². The van der Waals surface area contributed by atoms with Gasteiger partial charge >= 0.3 is 11.9 Å². The van der Waals surface area contributed by atoms with E-state index in [9.17, 15) is 9.59 Å². The van der Waals surface area contributed by atoms with Crippen LogP contribution in [0, 0.1) is 0 Å². The zero-order valence-electron chi connectivity index (χ0n) is 13.6. The molecular weight excluding hydrogens is 280 g/mol. The van der Waals surface area contributed by atoms with E-state index in [0.717, 1.165) is 38.5 Å². The lowest BCUT2D eigenvalue weighted by Crippen LogP contribution is -2.00. The first-order valence-corrected chi connectivity index (χ1v) is 7.87. The van der Waals surface area contributed by atoms with Crippen LogP contribution in [0.25, 0.3) is 0 Å². The van der Waals surface area contributed by atoms with Crippen molar-refractivity contribution in [2.75, 3.05) is 14.2 Å². The van der Waals surface area contributed by atoms with Crippen molar-refractivity contribution in [3.63, 3.8) is 0 Å². The van der Waals surface area contributed by atoms with Gasteiger partial charge in [-0.1, -0.05) is 24.3 Å². The van der Waals surface area contributed by atoms with Gasteiger partial charge in [0.05, 0.1) is 14.2 Å². The molecular formula is C18H26O4. The lowest BCUT2D eigenvalue weighted by molar-refractivity contribution is -0.141. The number of aryl methyl sites for hydroxylation is 2. The maximum Gasteiger partial charge on any atom is 0.305 e. The van der Waals surface area contributed by atoms with Crippen LogP contribution in [-0.2, 0) is 31.9 Å². The first-order valence-electron chi connectivity index (χ1n) is 7.87. The zero-order chi connectivity index (χ0) is 16.2. The van der Waals surface area contributed by atoms with Crippen LogP contribution < -0.4 is 0 Å². The van der Waals surface area contributed by atoms with Gasteiger partial charge in [0.1, 0.15) is 0 Å². The summed E-state index contributed by atoms with van der Waals surface area (Å²) in [4.78, 5) is 22.0. The molecule has 0 amide bonds. The monoisotopic (exact) mass is 306 g/mol. The third-order valence-corrected chi connectivity index (χ3v) is 3.67. The zero-order valence-corrected chi connectivity index (χ0v) is 13.6. The van der Waals surface area contributed by atoms with Crippen LogP contribution in [0.15, 0.2) is 24.3 Å². The van der Waals surface area contributed by atoms with E-state index >= 15 is 0 Å². The lowest BCUT2D eigenvalue weighted by Gasteiger charge is -2.05. The van der Waals surface area contributed by atoms with Crippen LogP contribution in [0.4, 0.5) is 0 Å². The number of rotatable bonds is 10. The van der Waals surface area contributed by atoms with E-state index in [0.29, 0.717) is 12.8 Å². The molecule has 0 saturated heterocycles. The molecule has 0 fully saturated rings. The molecule has 0 aromatic heterocycles. The number of benzene rings is 1. The van der Waals surface area contributed by atoms with Crippen LogP contribution in [0.5, 0.6) is 0 Å². The maximum atomic E-state index is 11.0. The summed E-state index contributed by atoms with van der Waals surface area (Å²) in [6.07, 6.45) is 6.67. The third-order valence-electron chi connectivity index (χ3n) is 3.67. The molecule has 0 aliphatic rings. The van der Waals surface area contributed by atoms with Crippen molar-refractivity contribution in [3.05, 3.63) is 35.4 Å². The minimum Gasteiger partial charge on any atom is -0.469 e. The Labute approximate surface area is 132 Å². The van der Waals surface area contributed by atoms with Gasteiger partial charge in [-0.2, -0.15) is 0 Å². The van der Waals surface area contributed by atoms with Gasteiger partial charge in [0, 0.05) is 12.8 Å². The minimum absolute atomic E-state index is 0.137. The predicted octanol–water partition coefficient (Wildman–Crippen LogP) is 3.46. The molecule has 22 heavy (non-hydrogen) atoms. The second-order valence-corrected chi connectivity index (χ2v) is 5.38. The highest BCUT2D eigenvalue weighted by Crippen LogP contribution is 2.12. The van der Waals surface area contributed by atoms with Gasteiger partial charge in [-0.05, 0) is 49.7 Å². The van der Waals surface area contributed by atoms with Gasteiger partial charge in [-0.25, -0.2) is 0 Å². The highest BCUT2D eigenvalue weighted by molar-refractivity contribution is 5.69. The van der Waals surface area contributed by atoms with Crippen molar-refractivity contribution in [1.29, 1.82) is 0 Å². The number of methoxy groups -OCH3 is 2. The summed E-state index contributed by atoms with van der Waals surface area (Å²) in [6.45, 7) is 0. The number of ether oxygens (including phenoxy) is 2. The molecule has 0 bridgehead atoms. The molecule has 4 nitrogen and oxygen atoms in total. The molecule has 0 heterocycles. The van der Waals surface area contributed by atoms with Crippen molar-refractivity contribution in [2.24, 2.45) is 0 Å². The third kappa shape index (κ3) is 7.81. The number of hydrogen-bond donors (Lipinski definition) is 0. The van der Waals surface area contributed by atoms with E-state index in [2.05, 4.69) is 33.7 Å².